The summed E-state index contributed by atoms with van der Waals surface area (Å²) in [6, 6.07) is 0.742. The average Bonchev–Trinajstić information content (AvgIpc) is 2.52. The Morgan fingerprint density at radius 1 is 1.37 bits per heavy atom. The van der Waals surface area contributed by atoms with Crippen molar-refractivity contribution in [2.45, 2.75) is 57.9 Å². The van der Waals surface area contributed by atoms with Gasteiger partial charge in [-0.3, -0.25) is 0 Å². The van der Waals surface area contributed by atoms with Crippen molar-refractivity contribution in [2.75, 3.05) is 25.0 Å². The van der Waals surface area contributed by atoms with Crippen molar-refractivity contribution < 1.29 is 22.7 Å². The third kappa shape index (κ3) is 5.89. The van der Waals surface area contributed by atoms with Gasteiger partial charge in [-0.25, -0.2) is 9.78 Å². The second-order valence-electron chi connectivity index (χ2n) is 7.73. The Kier molecular flexibility index (Phi) is 6.50. The first-order valence-electron chi connectivity index (χ1n) is 8.82. The Balaban J connectivity index is 2.12. The van der Waals surface area contributed by atoms with Crippen LogP contribution in [0.25, 0.3) is 0 Å². The number of nitrogens with zero attached hydrogens (tertiary/aromatic N) is 3. The van der Waals surface area contributed by atoms with Crippen LogP contribution in [0.5, 0.6) is 0 Å². The van der Waals surface area contributed by atoms with Gasteiger partial charge in [0.05, 0.1) is 16.6 Å². The number of amides is 1. The number of alkyl halides is 3. The monoisotopic (exact) mass is 407 g/mol. The van der Waals surface area contributed by atoms with Crippen LogP contribution in [0.15, 0.2) is 12.3 Å². The Morgan fingerprint density at radius 3 is 2.59 bits per heavy atom. The van der Waals surface area contributed by atoms with Crippen molar-refractivity contribution in [2.24, 2.45) is 0 Å². The van der Waals surface area contributed by atoms with Gasteiger partial charge in [0.1, 0.15) is 11.4 Å². The molecule has 27 heavy (non-hydrogen) atoms. The molecule has 0 spiro atoms. The van der Waals surface area contributed by atoms with Crippen molar-refractivity contribution in [1.29, 1.82) is 0 Å². The molecule has 1 atom stereocenters. The lowest BCUT2D eigenvalue weighted by Gasteiger charge is -2.38. The third-order valence-corrected chi connectivity index (χ3v) is 4.53. The third-order valence-electron chi connectivity index (χ3n) is 4.25. The minimum absolute atomic E-state index is 0.0769. The summed E-state index contributed by atoms with van der Waals surface area (Å²) in [6.45, 7) is 6.41. The van der Waals surface area contributed by atoms with E-state index in [9.17, 15) is 18.0 Å². The van der Waals surface area contributed by atoms with Gasteiger partial charge in [-0.15, -0.1) is 0 Å². The standard InChI is InChI=1S/C18H25ClF3N3O2/c1-17(2,3)27-16(26)25-8-6-5-7-13(25)11-24(4)15-14(19)9-12(10-23-15)18(20,21)22/h9-10,13H,5-8,11H2,1-4H3/t13-/m1/s1. The smallest absolute Gasteiger partial charge is 0.417 e. The fourth-order valence-corrected chi connectivity index (χ4v) is 3.33. The van der Waals surface area contributed by atoms with Crippen molar-refractivity contribution in [3.8, 4) is 0 Å². The van der Waals surface area contributed by atoms with Crippen LogP contribution >= 0.6 is 11.6 Å². The summed E-state index contributed by atoms with van der Waals surface area (Å²) < 4.78 is 43.8. The van der Waals surface area contributed by atoms with Crippen LogP contribution < -0.4 is 4.90 Å². The maximum Gasteiger partial charge on any atom is 0.417 e. The van der Waals surface area contributed by atoms with Gasteiger partial charge in [-0.2, -0.15) is 13.2 Å². The van der Waals surface area contributed by atoms with Gasteiger partial charge in [0.25, 0.3) is 0 Å². The molecule has 9 heteroatoms. The van der Waals surface area contributed by atoms with Gasteiger partial charge in [-0.1, -0.05) is 11.6 Å². The van der Waals surface area contributed by atoms with E-state index in [1.165, 1.54) is 0 Å². The Labute approximate surface area is 162 Å². The minimum Gasteiger partial charge on any atom is -0.444 e. The van der Waals surface area contributed by atoms with Gasteiger partial charge in [0.2, 0.25) is 0 Å². The number of hydrogen-bond acceptors (Lipinski definition) is 4. The fourth-order valence-electron chi connectivity index (χ4n) is 3.02. The zero-order valence-corrected chi connectivity index (χ0v) is 16.7. The summed E-state index contributed by atoms with van der Waals surface area (Å²) in [6.07, 6.45) is -1.48. The Bertz CT molecular complexity index is 677. The molecule has 1 aromatic rings. The molecule has 2 heterocycles. The number of aromatic nitrogens is 1. The molecule has 0 radical (unpaired) electrons. The molecular weight excluding hydrogens is 383 g/mol. The topological polar surface area (TPSA) is 45.7 Å². The number of hydrogen-bond donors (Lipinski definition) is 0. The van der Waals surface area contributed by atoms with Gasteiger partial charge in [0, 0.05) is 26.3 Å². The SMILES string of the molecule is CN(C[C@H]1CCCCN1C(=O)OC(C)(C)C)c1ncc(C(F)(F)F)cc1Cl. The number of carbonyl (C=O) groups is 1. The van der Waals surface area contributed by atoms with E-state index in [0.717, 1.165) is 31.5 Å². The number of ether oxygens (including phenoxy) is 1. The number of likely N-dealkylation sites (N-methyl/N-ethyl adjacent to an activating group) is 1. The van der Waals surface area contributed by atoms with Crippen molar-refractivity contribution >= 4 is 23.5 Å². The molecule has 0 saturated carbocycles. The molecule has 1 saturated heterocycles. The molecule has 0 N–H and O–H groups in total. The molecule has 1 aliphatic heterocycles. The van der Waals surface area contributed by atoms with Gasteiger partial charge >= 0.3 is 12.3 Å². The number of anilines is 1. The molecule has 1 amide bonds. The van der Waals surface area contributed by atoms with Crippen molar-refractivity contribution in [3.05, 3.63) is 22.8 Å². The number of piperidine rings is 1. The van der Waals surface area contributed by atoms with Gasteiger partial charge in [0.15, 0.2) is 0 Å². The number of pyridine rings is 1. The quantitative estimate of drug-likeness (QED) is 0.709. The highest BCUT2D eigenvalue weighted by atomic mass is 35.5. The first-order chi connectivity index (χ1) is 12.4. The second-order valence-corrected chi connectivity index (χ2v) is 8.14. The van der Waals surface area contributed by atoms with E-state index in [1.54, 1.807) is 16.8 Å². The maximum absolute atomic E-state index is 12.8. The largest absolute Gasteiger partial charge is 0.444 e. The van der Waals surface area contributed by atoms with Gasteiger partial charge < -0.3 is 14.5 Å². The van der Waals surface area contributed by atoms with Crippen LogP contribution in [0.4, 0.5) is 23.8 Å². The number of halogens is 4. The van der Waals surface area contributed by atoms with Crippen LogP contribution in [-0.4, -0.2) is 47.8 Å². The van der Waals surface area contributed by atoms with Crippen molar-refractivity contribution in [1.82, 2.24) is 9.88 Å². The Morgan fingerprint density at radius 2 is 2.04 bits per heavy atom. The second kappa shape index (κ2) is 8.12. The van der Waals surface area contributed by atoms with Crippen molar-refractivity contribution in [3.63, 3.8) is 0 Å². The first-order valence-corrected chi connectivity index (χ1v) is 9.20. The first kappa shape index (κ1) is 21.6. The summed E-state index contributed by atoms with van der Waals surface area (Å²) in [5.74, 6) is 0.249. The van der Waals surface area contributed by atoms with Crippen LogP contribution in [0, 0.1) is 0 Å². The zero-order valence-electron chi connectivity index (χ0n) is 15.9. The molecule has 2 rings (SSSR count). The summed E-state index contributed by atoms with van der Waals surface area (Å²) in [5, 5.41) is -0.0769. The summed E-state index contributed by atoms with van der Waals surface area (Å²) >= 11 is 6.02. The molecule has 1 aromatic heterocycles. The van der Waals surface area contributed by atoms with E-state index in [4.69, 9.17) is 16.3 Å². The number of carbonyl (C=O) groups excluding carboxylic acids is 1. The Hall–Kier alpha value is -1.70. The van der Waals surface area contributed by atoms with E-state index in [1.807, 2.05) is 20.8 Å². The van der Waals surface area contributed by atoms with Gasteiger partial charge in [-0.05, 0) is 46.1 Å². The average molecular weight is 408 g/mol. The molecule has 5 nitrogen and oxygen atoms in total. The molecule has 1 fully saturated rings. The van der Waals surface area contributed by atoms with E-state index in [-0.39, 0.29) is 23.0 Å². The normalized spacial score (nSPS) is 18.4. The summed E-state index contributed by atoms with van der Waals surface area (Å²) in [7, 11) is 1.70. The lowest BCUT2D eigenvalue weighted by atomic mass is 10.0. The van der Waals surface area contributed by atoms with Crippen LogP contribution in [-0.2, 0) is 10.9 Å². The van der Waals surface area contributed by atoms with Crippen LogP contribution in [0.1, 0.15) is 45.6 Å². The number of rotatable bonds is 3. The molecule has 0 bridgehead atoms. The fraction of sp³-hybridized carbons (Fsp3) is 0.667. The molecule has 152 valence electrons. The highest BCUT2D eigenvalue weighted by Crippen LogP contribution is 2.33. The van der Waals surface area contributed by atoms with E-state index < -0.39 is 17.3 Å². The molecule has 0 aromatic carbocycles. The van der Waals surface area contributed by atoms with E-state index in [0.29, 0.717) is 13.1 Å². The lowest BCUT2D eigenvalue weighted by Crippen LogP contribution is -2.50. The molecule has 0 aliphatic carbocycles. The van der Waals surface area contributed by atoms with Crippen LogP contribution in [0.2, 0.25) is 5.02 Å². The lowest BCUT2D eigenvalue weighted by molar-refractivity contribution is -0.137. The molecule has 1 aliphatic rings. The predicted molar refractivity (Wildman–Crippen MR) is 98.1 cm³/mol. The molecule has 0 unspecified atom stereocenters. The zero-order chi connectivity index (χ0) is 20.4. The summed E-state index contributed by atoms with van der Waals surface area (Å²) in [5.41, 5.74) is -1.48. The highest BCUT2D eigenvalue weighted by Gasteiger charge is 2.33. The molecular formula is C18H25ClF3N3O2. The predicted octanol–water partition coefficient (Wildman–Crippen LogP) is 4.98. The highest BCUT2D eigenvalue weighted by molar-refractivity contribution is 6.33. The van der Waals surface area contributed by atoms with E-state index >= 15 is 0 Å². The summed E-state index contributed by atoms with van der Waals surface area (Å²) in [4.78, 5) is 19.7. The minimum atomic E-state index is -4.50. The maximum atomic E-state index is 12.8. The van der Waals surface area contributed by atoms with E-state index in [2.05, 4.69) is 4.98 Å². The van der Waals surface area contributed by atoms with Crippen LogP contribution in [0.3, 0.4) is 0 Å². The number of likely N-dealkylation sites (tertiary alicyclic amines) is 1.